The molecule has 3 nitrogen and oxygen atoms in total. The fourth-order valence-electron chi connectivity index (χ4n) is 2.34. The molecule has 0 atom stereocenters. The molecule has 0 fully saturated rings. The molecule has 19 heavy (non-hydrogen) atoms. The lowest BCUT2D eigenvalue weighted by Crippen LogP contribution is -2.22. The summed E-state index contributed by atoms with van der Waals surface area (Å²) in [5.41, 5.74) is 5.21. The maximum absolute atomic E-state index is 5.47. The van der Waals surface area contributed by atoms with Crippen molar-refractivity contribution in [3.05, 3.63) is 41.5 Å². The Hall–Kier alpha value is -1.32. The summed E-state index contributed by atoms with van der Waals surface area (Å²) in [5, 5.41) is 6.95. The minimum atomic E-state index is 0.657. The second-order valence-corrected chi connectivity index (χ2v) is 5.17. The van der Waals surface area contributed by atoms with E-state index < -0.39 is 0 Å². The first-order valence-electron chi connectivity index (χ1n) is 7.05. The van der Waals surface area contributed by atoms with E-state index in [1.54, 1.807) is 0 Å². The van der Waals surface area contributed by atoms with Gasteiger partial charge in [0, 0.05) is 25.3 Å². The number of hydrogen-bond donors (Lipinski definition) is 2. The summed E-state index contributed by atoms with van der Waals surface area (Å²) in [6, 6.07) is 6.57. The van der Waals surface area contributed by atoms with Crippen LogP contribution in [0.4, 0.5) is 5.69 Å². The van der Waals surface area contributed by atoms with Crippen LogP contribution in [-0.2, 0) is 17.7 Å². The van der Waals surface area contributed by atoms with E-state index in [4.69, 9.17) is 4.74 Å². The maximum Gasteiger partial charge on any atom is 0.0672 e. The summed E-state index contributed by atoms with van der Waals surface area (Å²) in [6.07, 6.45) is 2.43. The molecule has 1 aromatic carbocycles. The molecule has 0 bridgehead atoms. The third kappa shape index (κ3) is 4.37. The van der Waals surface area contributed by atoms with Gasteiger partial charge >= 0.3 is 0 Å². The first-order chi connectivity index (χ1) is 9.27. The Bertz CT molecular complexity index is 429. The fourth-order valence-corrected chi connectivity index (χ4v) is 2.34. The van der Waals surface area contributed by atoms with Gasteiger partial charge in [0.25, 0.3) is 0 Å². The molecule has 0 amide bonds. The SMILES string of the molecule is C=C(C)COCCNCc1cccc2c1NCCC2. The molecule has 1 aromatic rings. The highest BCUT2D eigenvalue weighted by molar-refractivity contribution is 5.59. The van der Waals surface area contributed by atoms with Crippen LogP contribution in [-0.4, -0.2) is 26.3 Å². The first kappa shape index (κ1) is 14.1. The summed E-state index contributed by atoms with van der Waals surface area (Å²) in [5.74, 6) is 0. The van der Waals surface area contributed by atoms with Gasteiger partial charge in [0.15, 0.2) is 0 Å². The molecule has 0 unspecified atom stereocenters. The molecular formula is C16H24N2O. The number of benzene rings is 1. The smallest absolute Gasteiger partial charge is 0.0672 e. The van der Waals surface area contributed by atoms with E-state index in [0.717, 1.165) is 31.8 Å². The number of anilines is 1. The van der Waals surface area contributed by atoms with Gasteiger partial charge in [-0.2, -0.15) is 0 Å². The Balaban J connectivity index is 1.75. The van der Waals surface area contributed by atoms with Gasteiger partial charge in [-0.1, -0.05) is 30.4 Å². The van der Waals surface area contributed by atoms with Crippen molar-refractivity contribution in [1.29, 1.82) is 0 Å². The highest BCUT2D eigenvalue weighted by Gasteiger charge is 2.11. The lowest BCUT2D eigenvalue weighted by molar-refractivity contribution is 0.158. The average Bonchev–Trinajstić information content (AvgIpc) is 2.42. The summed E-state index contributed by atoms with van der Waals surface area (Å²) >= 11 is 0. The predicted molar refractivity (Wildman–Crippen MR) is 80.6 cm³/mol. The topological polar surface area (TPSA) is 33.3 Å². The summed E-state index contributed by atoms with van der Waals surface area (Å²) in [6.45, 7) is 10.0. The Morgan fingerprint density at radius 2 is 2.37 bits per heavy atom. The van der Waals surface area contributed by atoms with Crippen molar-refractivity contribution in [2.24, 2.45) is 0 Å². The Morgan fingerprint density at radius 1 is 1.47 bits per heavy atom. The zero-order valence-corrected chi connectivity index (χ0v) is 11.8. The van der Waals surface area contributed by atoms with E-state index in [0.29, 0.717) is 6.61 Å². The minimum absolute atomic E-state index is 0.657. The van der Waals surface area contributed by atoms with Crippen molar-refractivity contribution in [3.8, 4) is 0 Å². The first-order valence-corrected chi connectivity index (χ1v) is 7.05. The molecule has 2 N–H and O–H groups in total. The van der Waals surface area contributed by atoms with Crippen molar-refractivity contribution in [2.45, 2.75) is 26.3 Å². The van der Waals surface area contributed by atoms with Gasteiger partial charge in [-0.25, -0.2) is 0 Å². The molecule has 1 aliphatic heterocycles. The summed E-state index contributed by atoms with van der Waals surface area (Å²) in [4.78, 5) is 0. The average molecular weight is 260 g/mol. The van der Waals surface area contributed by atoms with Crippen LogP contribution in [0.2, 0.25) is 0 Å². The van der Waals surface area contributed by atoms with Crippen LogP contribution in [0.3, 0.4) is 0 Å². The van der Waals surface area contributed by atoms with Crippen LogP contribution in [0.5, 0.6) is 0 Å². The molecule has 0 saturated carbocycles. The molecule has 0 aliphatic carbocycles. The fraction of sp³-hybridized carbons (Fsp3) is 0.500. The molecule has 2 rings (SSSR count). The van der Waals surface area contributed by atoms with Crippen LogP contribution in [0.15, 0.2) is 30.4 Å². The van der Waals surface area contributed by atoms with Crippen molar-refractivity contribution in [1.82, 2.24) is 5.32 Å². The number of fused-ring (bicyclic) bond motifs is 1. The number of ether oxygens (including phenoxy) is 1. The number of nitrogens with one attached hydrogen (secondary N) is 2. The summed E-state index contributed by atoms with van der Waals surface area (Å²) < 4.78 is 5.47. The molecule has 0 aromatic heterocycles. The number of aryl methyl sites for hydroxylation is 1. The van der Waals surface area contributed by atoms with E-state index in [2.05, 4.69) is 35.4 Å². The highest BCUT2D eigenvalue weighted by Crippen LogP contribution is 2.25. The zero-order valence-electron chi connectivity index (χ0n) is 11.8. The molecule has 1 heterocycles. The van der Waals surface area contributed by atoms with Crippen LogP contribution >= 0.6 is 0 Å². The van der Waals surface area contributed by atoms with Gasteiger partial charge in [0.05, 0.1) is 13.2 Å². The molecular weight excluding hydrogens is 236 g/mol. The Morgan fingerprint density at radius 3 is 3.21 bits per heavy atom. The van der Waals surface area contributed by atoms with Gasteiger partial charge in [0.1, 0.15) is 0 Å². The lowest BCUT2D eigenvalue weighted by Gasteiger charge is -2.21. The maximum atomic E-state index is 5.47. The molecule has 104 valence electrons. The molecule has 0 spiro atoms. The van der Waals surface area contributed by atoms with E-state index in [9.17, 15) is 0 Å². The number of rotatable bonds is 7. The number of hydrogen-bond acceptors (Lipinski definition) is 3. The third-order valence-electron chi connectivity index (χ3n) is 3.25. The second-order valence-electron chi connectivity index (χ2n) is 5.17. The quantitative estimate of drug-likeness (QED) is 0.584. The van der Waals surface area contributed by atoms with E-state index in [1.807, 2.05) is 6.92 Å². The van der Waals surface area contributed by atoms with Crippen LogP contribution < -0.4 is 10.6 Å². The van der Waals surface area contributed by atoms with Crippen LogP contribution in [0.25, 0.3) is 0 Å². The lowest BCUT2D eigenvalue weighted by atomic mass is 9.99. The monoisotopic (exact) mass is 260 g/mol. The molecule has 1 aliphatic rings. The molecule has 0 radical (unpaired) electrons. The molecule has 0 saturated heterocycles. The zero-order chi connectivity index (χ0) is 13.5. The summed E-state index contributed by atoms with van der Waals surface area (Å²) in [7, 11) is 0. The predicted octanol–water partition coefficient (Wildman–Crippen LogP) is 2.73. The second kappa shape index (κ2) is 7.31. The van der Waals surface area contributed by atoms with Crippen molar-refractivity contribution in [2.75, 3.05) is 31.6 Å². The van der Waals surface area contributed by atoms with Crippen molar-refractivity contribution >= 4 is 5.69 Å². The van der Waals surface area contributed by atoms with Gasteiger partial charge in [-0.3, -0.25) is 0 Å². The highest BCUT2D eigenvalue weighted by atomic mass is 16.5. The minimum Gasteiger partial charge on any atom is -0.385 e. The van der Waals surface area contributed by atoms with E-state index >= 15 is 0 Å². The Kier molecular flexibility index (Phi) is 5.43. The van der Waals surface area contributed by atoms with Crippen molar-refractivity contribution < 1.29 is 4.74 Å². The number of para-hydroxylation sites is 1. The standard InChI is InChI=1S/C16H24N2O/c1-13(2)12-19-10-9-17-11-15-6-3-5-14-7-4-8-18-16(14)15/h3,5-6,17-18H,1,4,7-12H2,2H3. The van der Waals surface area contributed by atoms with Crippen LogP contribution in [0.1, 0.15) is 24.5 Å². The van der Waals surface area contributed by atoms with Crippen molar-refractivity contribution in [3.63, 3.8) is 0 Å². The Labute approximate surface area is 116 Å². The van der Waals surface area contributed by atoms with Gasteiger partial charge < -0.3 is 15.4 Å². The van der Waals surface area contributed by atoms with E-state index in [-0.39, 0.29) is 0 Å². The third-order valence-corrected chi connectivity index (χ3v) is 3.25. The van der Waals surface area contributed by atoms with Gasteiger partial charge in [0.2, 0.25) is 0 Å². The van der Waals surface area contributed by atoms with Crippen LogP contribution in [0, 0.1) is 0 Å². The van der Waals surface area contributed by atoms with Gasteiger partial charge in [-0.05, 0) is 30.9 Å². The normalized spacial score (nSPS) is 13.7. The van der Waals surface area contributed by atoms with Gasteiger partial charge in [-0.15, -0.1) is 0 Å². The largest absolute Gasteiger partial charge is 0.385 e. The molecule has 3 heteroatoms. The van der Waals surface area contributed by atoms with E-state index in [1.165, 1.54) is 29.7 Å².